The number of benzene rings is 1. The van der Waals surface area contributed by atoms with Gasteiger partial charge in [-0.05, 0) is 18.2 Å². The number of nitrogens with zero attached hydrogens (tertiary/aromatic N) is 2. The van der Waals surface area contributed by atoms with Crippen LogP contribution in [-0.2, 0) is 4.79 Å². The second kappa shape index (κ2) is 6.74. The SMILES string of the molecule is NC(=O)C(NC(=O)c1cc(-c2ccccc2)n[nH]1)c1ccccn1. The Morgan fingerprint density at radius 3 is 2.50 bits per heavy atom. The lowest BCUT2D eigenvalue weighted by Crippen LogP contribution is -2.38. The first kappa shape index (κ1) is 15.4. The normalized spacial score (nSPS) is 11.7. The number of aromatic nitrogens is 3. The number of carbonyl (C=O) groups is 2. The first-order valence-electron chi connectivity index (χ1n) is 7.27. The lowest BCUT2D eigenvalue weighted by atomic mass is 10.1. The molecule has 4 N–H and O–H groups in total. The maximum atomic E-state index is 12.4. The van der Waals surface area contributed by atoms with Gasteiger partial charge in [-0.25, -0.2) is 0 Å². The molecule has 3 rings (SSSR count). The third kappa shape index (κ3) is 3.30. The van der Waals surface area contributed by atoms with Crippen LogP contribution in [0.25, 0.3) is 11.3 Å². The van der Waals surface area contributed by atoms with Gasteiger partial charge in [0.1, 0.15) is 5.69 Å². The van der Waals surface area contributed by atoms with Crippen molar-refractivity contribution >= 4 is 11.8 Å². The van der Waals surface area contributed by atoms with Crippen molar-refractivity contribution in [2.75, 3.05) is 0 Å². The molecule has 2 amide bonds. The highest BCUT2D eigenvalue weighted by atomic mass is 16.2. The summed E-state index contributed by atoms with van der Waals surface area (Å²) in [5.74, 6) is -1.18. The fourth-order valence-electron chi connectivity index (χ4n) is 2.24. The second-order valence-corrected chi connectivity index (χ2v) is 5.10. The number of H-pyrrole nitrogens is 1. The summed E-state index contributed by atoms with van der Waals surface area (Å²) in [6, 6.07) is 15.1. The summed E-state index contributed by atoms with van der Waals surface area (Å²) in [5.41, 5.74) is 7.49. The molecule has 7 heteroatoms. The van der Waals surface area contributed by atoms with Gasteiger partial charge in [-0.15, -0.1) is 0 Å². The van der Waals surface area contributed by atoms with E-state index in [1.54, 1.807) is 24.3 Å². The minimum absolute atomic E-state index is 0.232. The van der Waals surface area contributed by atoms with E-state index in [4.69, 9.17) is 5.73 Å². The number of amides is 2. The summed E-state index contributed by atoms with van der Waals surface area (Å²) in [6.07, 6.45) is 1.53. The Morgan fingerprint density at radius 2 is 1.83 bits per heavy atom. The first-order chi connectivity index (χ1) is 11.6. The van der Waals surface area contributed by atoms with Gasteiger partial charge in [0.25, 0.3) is 5.91 Å². The molecular weight excluding hydrogens is 306 g/mol. The van der Waals surface area contributed by atoms with Crippen LogP contribution in [0.4, 0.5) is 0 Å². The Hall–Kier alpha value is -3.48. The highest BCUT2D eigenvalue weighted by Gasteiger charge is 2.23. The van der Waals surface area contributed by atoms with Crippen LogP contribution in [0, 0.1) is 0 Å². The largest absolute Gasteiger partial charge is 0.368 e. The molecule has 0 aliphatic heterocycles. The molecule has 0 bridgehead atoms. The second-order valence-electron chi connectivity index (χ2n) is 5.10. The number of carbonyl (C=O) groups excluding carboxylic acids is 2. The fourth-order valence-corrected chi connectivity index (χ4v) is 2.24. The lowest BCUT2D eigenvalue weighted by molar-refractivity contribution is -0.120. The molecular formula is C17H15N5O2. The Labute approximate surface area is 137 Å². The highest BCUT2D eigenvalue weighted by Crippen LogP contribution is 2.17. The molecule has 1 atom stereocenters. The monoisotopic (exact) mass is 321 g/mol. The van der Waals surface area contributed by atoms with Crippen LogP contribution in [0.2, 0.25) is 0 Å². The van der Waals surface area contributed by atoms with Crippen molar-refractivity contribution in [3.8, 4) is 11.3 Å². The summed E-state index contributed by atoms with van der Waals surface area (Å²) in [7, 11) is 0. The number of primary amides is 1. The standard InChI is InChI=1S/C17H15N5O2/c18-16(23)15(12-8-4-5-9-19-12)20-17(24)14-10-13(21-22-14)11-6-2-1-3-7-11/h1-10,15H,(H2,18,23)(H,20,24)(H,21,22). The van der Waals surface area contributed by atoms with Gasteiger partial charge in [0, 0.05) is 11.8 Å². The van der Waals surface area contributed by atoms with Crippen LogP contribution in [0.5, 0.6) is 0 Å². The van der Waals surface area contributed by atoms with Crippen LogP contribution in [0.3, 0.4) is 0 Å². The molecule has 24 heavy (non-hydrogen) atoms. The quantitative estimate of drug-likeness (QED) is 0.659. The van der Waals surface area contributed by atoms with E-state index in [1.807, 2.05) is 30.3 Å². The Kier molecular flexibility index (Phi) is 4.33. The number of aromatic amines is 1. The van der Waals surface area contributed by atoms with E-state index >= 15 is 0 Å². The van der Waals surface area contributed by atoms with Crippen molar-refractivity contribution in [2.45, 2.75) is 6.04 Å². The van der Waals surface area contributed by atoms with Crippen LogP contribution in [0.15, 0.2) is 60.8 Å². The average Bonchev–Trinajstić information content (AvgIpc) is 3.11. The average molecular weight is 321 g/mol. The molecule has 0 saturated carbocycles. The molecule has 0 fully saturated rings. The van der Waals surface area contributed by atoms with Crippen molar-refractivity contribution < 1.29 is 9.59 Å². The van der Waals surface area contributed by atoms with Crippen molar-refractivity contribution in [3.05, 3.63) is 72.2 Å². The number of nitrogens with two attached hydrogens (primary N) is 1. The Bertz CT molecular complexity index is 846. The Morgan fingerprint density at radius 1 is 1.08 bits per heavy atom. The van der Waals surface area contributed by atoms with Crippen molar-refractivity contribution in [1.82, 2.24) is 20.5 Å². The first-order valence-corrected chi connectivity index (χ1v) is 7.27. The van der Waals surface area contributed by atoms with Gasteiger partial charge in [0.15, 0.2) is 6.04 Å². The van der Waals surface area contributed by atoms with Gasteiger partial charge in [-0.2, -0.15) is 5.10 Å². The number of pyridine rings is 1. The summed E-state index contributed by atoms with van der Waals surface area (Å²) < 4.78 is 0. The predicted molar refractivity (Wildman–Crippen MR) is 87.7 cm³/mol. The van der Waals surface area contributed by atoms with Crippen molar-refractivity contribution in [3.63, 3.8) is 0 Å². The minimum Gasteiger partial charge on any atom is -0.368 e. The summed E-state index contributed by atoms with van der Waals surface area (Å²) in [4.78, 5) is 28.1. The van der Waals surface area contributed by atoms with Crippen LogP contribution in [0.1, 0.15) is 22.2 Å². The van der Waals surface area contributed by atoms with Gasteiger partial charge in [0.05, 0.1) is 11.4 Å². The zero-order chi connectivity index (χ0) is 16.9. The smallest absolute Gasteiger partial charge is 0.270 e. The molecule has 0 aliphatic rings. The lowest BCUT2D eigenvalue weighted by Gasteiger charge is -2.13. The van der Waals surface area contributed by atoms with Crippen LogP contribution >= 0.6 is 0 Å². The maximum Gasteiger partial charge on any atom is 0.270 e. The van der Waals surface area contributed by atoms with Gasteiger partial charge < -0.3 is 11.1 Å². The summed E-state index contributed by atoms with van der Waals surface area (Å²) in [6.45, 7) is 0. The molecule has 0 spiro atoms. The predicted octanol–water partition coefficient (Wildman–Crippen LogP) is 1.43. The van der Waals surface area contributed by atoms with E-state index in [2.05, 4.69) is 20.5 Å². The highest BCUT2D eigenvalue weighted by molar-refractivity contribution is 5.96. The number of hydrogen-bond donors (Lipinski definition) is 3. The molecule has 2 heterocycles. The number of nitrogens with one attached hydrogen (secondary N) is 2. The molecule has 2 aromatic heterocycles. The molecule has 120 valence electrons. The van der Waals surface area contributed by atoms with E-state index in [-0.39, 0.29) is 5.69 Å². The molecule has 0 saturated heterocycles. The van der Waals surface area contributed by atoms with Gasteiger partial charge in [-0.1, -0.05) is 36.4 Å². The zero-order valence-corrected chi connectivity index (χ0v) is 12.6. The van der Waals surface area contributed by atoms with E-state index in [9.17, 15) is 9.59 Å². The third-order valence-electron chi connectivity index (χ3n) is 3.44. The molecule has 1 unspecified atom stereocenters. The van der Waals surface area contributed by atoms with Crippen LogP contribution < -0.4 is 11.1 Å². The van der Waals surface area contributed by atoms with Crippen LogP contribution in [-0.4, -0.2) is 27.0 Å². The number of hydrogen-bond acceptors (Lipinski definition) is 4. The van der Waals surface area contributed by atoms with Gasteiger partial charge >= 0.3 is 0 Å². The summed E-state index contributed by atoms with van der Waals surface area (Å²) in [5, 5.41) is 9.35. The molecule has 7 nitrogen and oxygen atoms in total. The van der Waals surface area contributed by atoms with Crippen molar-refractivity contribution in [2.24, 2.45) is 5.73 Å². The van der Waals surface area contributed by atoms with E-state index in [1.165, 1.54) is 6.20 Å². The van der Waals surface area contributed by atoms with Gasteiger partial charge in [-0.3, -0.25) is 19.7 Å². The third-order valence-corrected chi connectivity index (χ3v) is 3.44. The van der Waals surface area contributed by atoms with Gasteiger partial charge in [0.2, 0.25) is 5.91 Å². The molecule has 1 aromatic carbocycles. The fraction of sp³-hybridized carbons (Fsp3) is 0.0588. The zero-order valence-electron chi connectivity index (χ0n) is 12.6. The van der Waals surface area contributed by atoms with E-state index < -0.39 is 17.9 Å². The minimum atomic E-state index is -1.01. The van der Waals surface area contributed by atoms with Crippen molar-refractivity contribution in [1.29, 1.82) is 0 Å². The van der Waals surface area contributed by atoms with E-state index in [0.29, 0.717) is 11.4 Å². The molecule has 3 aromatic rings. The molecule has 0 radical (unpaired) electrons. The van der Waals surface area contributed by atoms with E-state index in [0.717, 1.165) is 5.56 Å². The molecule has 0 aliphatic carbocycles. The Balaban J connectivity index is 1.79. The maximum absolute atomic E-state index is 12.4. The topological polar surface area (TPSA) is 114 Å². The summed E-state index contributed by atoms with van der Waals surface area (Å²) >= 11 is 0. The number of rotatable bonds is 5.